The minimum atomic E-state index is -0.657. The van der Waals surface area contributed by atoms with Crippen LogP contribution < -0.4 is 5.32 Å². The molecule has 3 nitrogen and oxygen atoms in total. The Morgan fingerprint density at radius 3 is 2.12 bits per heavy atom. The van der Waals surface area contributed by atoms with Crippen molar-refractivity contribution in [1.82, 2.24) is 5.32 Å². The van der Waals surface area contributed by atoms with Crippen LogP contribution in [0.2, 0.25) is 0 Å². The van der Waals surface area contributed by atoms with E-state index in [1.807, 2.05) is 0 Å². The van der Waals surface area contributed by atoms with Gasteiger partial charge in [-0.15, -0.1) is 0 Å². The number of hydrogen-bond acceptors (Lipinski definition) is 2. The maximum Gasteiger partial charge on any atom is 0.323 e. The van der Waals surface area contributed by atoms with E-state index < -0.39 is 11.5 Å². The van der Waals surface area contributed by atoms with Crippen molar-refractivity contribution in [2.45, 2.75) is 64.3 Å². The van der Waals surface area contributed by atoms with Gasteiger partial charge in [0.25, 0.3) is 0 Å². The maximum absolute atomic E-state index is 11.5. The Kier molecular flexibility index (Phi) is 5.26. The fourth-order valence-corrected chi connectivity index (χ4v) is 2.37. The SMILES string of the molecule is CC(C)CNC1(C(=O)O)CCCCCCC1. The molecular weight excluding hydrogens is 202 g/mol. The van der Waals surface area contributed by atoms with Crippen LogP contribution in [0.3, 0.4) is 0 Å². The second kappa shape index (κ2) is 6.24. The number of rotatable bonds is 4. The van der Waals surface area contributed by atoms with Crippen LogP contribution in [-0.2, 0) is 4.79 Å². The van der Waals surface area contributed by atoms with E-state index in [1.54, 1.807) is 0 Å². The molecule has 1 saturated carbocycles. The van der Waals surface area contributed by atoms with Crippen LogP contribution in [0.4, 0.5) is 0 Å². The molecule has 3 heteroatoms. The lowest BCUT2D eigenvalue weighted by molar-refractivity contribution is -0.146. The Hall–Kier alpha value is -0.570. The number of carboxylic acids is 1. The summed E-state index contributed by atoms with van der Waals surface area (Å²) in [5.41, 5.74) is -0.648. The van der Waals surface area contributed by atoms with Crippen LogP contribution in [0.15, 0.2) is 0 Å². The van der Waals surface area contributed by atoms with Crippen molar-refractivity contribution in [2.24, 2.45) is 5.92 Å². The minimum Gasteiger partial charge on any atom is -0.480 e. The molecule has 1 rings (SSSR count). The molecule has 0 aromatic carbocycles. The second-order valence-electron chi connectivity index (χ2n) is 5.43. The molecule has 0 spiro atoms. The monoisotopic (exact) mass is 227 g/mol. The highest BCUT2D eigenvalue weighted by Crippen LogP contribution is 2.26. The molecule has 0 radical (unpaired) electrons. The predicted molar refractivity (Wildman–Crippen MR) is 65.5 cm³/mol. The Morgan fingerprint density at radius 1 is 1.19 bits per heavy atom. The first-order valence-electron chi connectivity index (χ1n) is 6.55. The van der Waals surface area contributed by atoms with Gasteiger partial charge >= 0.3 is 5.97 Å². The zero-order valence-corrected chi connectivity index (χ0v) is 10.6. The summed E-state index contributed by atoms with van der Waals surface area (Å²) in [6.45, 7) is 5.03. The summed E-state index contributed by atoms with van der Waals surface area (Å²) in [7, 11) is 0. The van der Waals surface area contributed by atoms with Crippen LogP contribution in [0, 0.1) is 5.92 Å². The standard InChI is InChI=1S/C13H25NO2/c1-11(2)10-14-13(12(15)16)8-6-4-3-5-7-9-13/h11,14H,3-10H2,1-2H3,(H,15,16). The quantitative estimate of drug-likeness (QED) is 0.776. The van der Waals surface area contributed by atoms with Gasteiger partial charge in [0.2, 0.25) is 0 Å². The van der Waals surface area contributed by atoms with Gasteiger partial charge in [0.1, 0.15) is 5.54 Å². The Morgan fingerprint density at radius 2 is 1.69 bits per heavy atom. The summed E-state index contributed by atoms with van der Waals surface area (Å²) >= 11 is 0. The lowest BCUT2D eigenvalue weighted by Crippen LogP contribution is -2.53. The van der Waals surface area contributed by atoms with E-state index >= 15 is 0 Å². The zero-order chi connectivity index (χ0) is 12.0. The highest BCUT2D eigenvalue weighted by Gasteiger charge is 2.37. The molecule has 1 fully saturated rings. The lowest BCUT2D eigenvalue weighted by Gasteiger charge is -2.33. The smallest absolute Gasteiger partial charge is 0.323 e. The van der Waals surface area contributed by atoms with E-state index in [0.29, 0.717) is 5.92 Å². The average Bonchev–Trinajstić information content (AvgIpc) is 2.15. The first-order valence-corrected chi connectivity index (χ1v) is 6.55. The molecule has 1 aliphatic carbocycles. The predicted octanol–water partition coefficient (Wildman–Crippen LogP) is 2.80. The van der Waals surface area contributed by atoms with E-state index in [4.69, 9.17) is 0 Å². The third-order valence-corrected chi connectivity index (χ3v) is 3.47. The average molecular weight is 227 g/mol. The zero-order valence-electron chi connectivity index (χ0n) is 10.6. The highest BCUT2D eigenvalue weighted by atomic mass is 16.4. The highest BCUT2D eigenvalue weighted by molar-refractivity contribution is 5.78. The number of hydrogen-bond donors (Lipinski definition) is 2. The van der Waals surface area contributed by atoms with E-state index in [0.717, 1.165) is 32.2 Å². The first kappa shape index (κ1) is 13.5. The number of carbonyl (C=O) groups is 1. The third-order valence-electron chi connectivity index (χ3n) is 3.47. The van der Waals surface area contributed by atoms with Crippen LogP contribution >= 0.6 is 0 Å². The van der Waals surface area contributed by atoms with Crippen molar-refractivity contribution >= 4 is 5.97 Å². The molecular formula is C13H25NO2. The molecule has 0 atom stereocenters. The fourth-order valence-electron chi connectivity index (χ4n) is 2.37. The van der Waals surface area contributed by atoms with E-state index in [-0.39, 0.29) is 0 Å². The topological polar surface area (TPSA) is 49.3 Å². The normalized spacial score (nSPS) is 21.4. The summed E-state index contributed by atoms with van der Waals surface area (Å²) < 4.78 is 0. The van der Waals surface area contributed by atoms with Crippen molar-refractivity contribution in [2.75, 3.05) is 6.54 Å². The molecule has 0 aromatic heterocycles. The Bertz CT molecular complexity index is 218. The van der Waals surface area contributed by atoms with Crippen molar-refractivity contribution < 1.29 is 9.90 Å². The van der Waals surface area contributed by atoms with E-state index in [9.17, 15) is 9.90 Å². The van der Waals surface area contributed by atoms with Crippen molar-refractivity contribution in [3.05, 3.63) is 0 Å². The van der Waals surface area contributed by atoms with Crippen LogP contribution in [-0.4, -0.2) is 23.2 Å². The second-order valence-corrected chi connectivity index (χ2v) is 5.43. The number of aliphatic carboxylic acids is 1. The van der Waals surface area contributed by atoms with E-state index in [2.05, 4.69) is 19.2 Å². The fraction of sp³-hybridized carbons (Fsp3) is 0.923. The molecule has 1 aliphatic rings. The summed E-state index contributed by atoms with van der Waals surface area (Å²) in [6.07, 6.45) is 7.27. The third kappa shape index (κ3) is 3.78. The Balaban J connectivity index is 2.63. The molecule has 16 heavy (non-hydrogen) atoms. The summed E-state index contributed by atoms with van der Waals surface area (Å²) in [5, 5.41) is 12.8. The molecule has 2 N–H and O–H groups in total. The molecule has 0 amide bonds. The van der Waals surface area contributed by atoms with Gasteiger partial charge in [-0.3, -0.25) is 4.79 Å². The molecule has 0 saturated heterocycles. The summed E-state index contributed by atoms with van der Waals surface area (Å²) in [4.78, 5) is 11.5. The van der Waals surface area contributed by atoms with Crippen molar-refractivity contribution in [3.63, 3.8) is 0 Å². The van der Waals surface area contributed by atoms with Gasteiger partial charge in [-0.05, 0) is 25.3 Å². The largest absolute Gasteiger partial charge is 0.480 e. The number of nitrogens with one attached hydrogen (secondary N) is 1. The van der Waals surface area contributed by atoms with Gasteiger partial charge in [0.15, 0.2) is 0 Å². The Labute approximate surface area is 98.6 Å². The first-order chi connectivity index (χ1) is 7.57. The van der Waals surface area contributed by atoms with Gasteiger partial charge in [0, 0.05) is 0 Å². The van der Waals surface area contributed by atoms with Gasteiger partial charge in [-0.1, -0.05) is 46.0 Å². The van der Waals surface area contributed by atoms with Crippen LogP contribution in [0.25, 0.3) is 0 Å². The molecule has 0 unspecified atom stereocenters. The van der Waals surface area contributed by atoms with Crippen molar-refractivity contribution in [1.29, 1.82) is 0 Å². The minimum absolute atomic E-state index is 0.502. The van der Waals surface area contributed by atoms with Crippen LogP contribution in [0.1, 0.15) is 58.8 Å². The van der Waals surface area contributed by atoms with E-state index in [1.165, 1.54) is 19.3 Å². The summed E-state index contributed by atoms with van der Waals surface area (Å²) in [5.74, 6) is -0.156. The molecule has 0 heterocycles. The molecule has 0 aromatic rings. The summed E-state index contributed by atoms with van der Waals surface area (Å²) in [6, 6.07) is 0. The molecule has 94 valence electrons. The van der Waals surface area contributed by atoms with Gasteiger partial charge in [-0.2, -0.15) is 0 Å². The van der Waals surface area contributed by atoms with Gasteiger partial charge in [0.05, 0.1) is 0 Å². The van der Waals surface area contributed by atoms with Gasteiger partial charge < -0.3 is 10.4 Å². The maximum atomic E-state index is 11.5. The lowest BCUT2D eigenvalue weighted by atomic mass is 9.83. The molecule has 0 aliphatic heterocycles. The van der Waals surface area contributed by atoms with Crippen molar-refractivity contribution in [3.8, 4) is 0 Å². The number of carboxylic acid groups (broad SMARTS) is 1. The van der Waals surface area contributed by atoms with Crippen LogP contribution in [0.5, 0.6) is 0 Å². The molecule has 0 bridgehead atoms. The van der Waals surface area contributed by atoms with Gasteiger partial charge in [-0.25, -0.2) is 0 Å².